The smallest absolute Gasteiger partial charge is 0.0632 e. The molecule has 112 valence electrons. The number of aliphatic hydroxyl groups is 1. The van der Waals surface area contributed by atoms with E-state index in [2.05, 4.69) is 4.90 Å². The number of rotatable bonds is 4. The van der Waals surface area contributed by atoms with Gasteiger partial charge in [0.1, 0.15) is 0 Å². The van der Waals surface area contributed by atoms with Crippen LogP contribution in [0.4, 0.5) is 0 Å². The quantitative estimate of drug-likeness (QED) is 0.898. The lowest BCUT2D eigenvalue weighted by Gasteiger charge is -2.24. The molecule has 20 heavy (non-hydrogen) atoms. The van der Waals surface area contributed by atoms with Gasteiger partial charge >= 0.3 is 0 Å². The zero-order valence-corrected chi connectivity index (χ0v) is 12.9. The SMILES string of the molecule is CC1(O)CCCN(CCC(N)c2ccccc2Cl)CC1. The van der Waals surface area contributed by atoms with Crippen molar-refractivity contribution in [3.8, 4) is 0 Å². The van der Waals surface area contributed by atoms with Gasteiger partial charge in [-0.3, -0.25) is 0 Å². The minimum Gasteiger partial charge on any atom is -0.390 e. The molecule has 3 nitrogen and oxygen atoms in total. The lowest BCUT2D eigenvalue weighted by atomic mass is 9.98. The van der Waals surface area contributed by atoms with Crippen molar-refractivity contribution < 1.29 is 5.11 Å². The Hall–Kier alpha value is -0.610. The van der Waals surface area contributed by atoms with E-state index >= 15 is 0 Å². The Kier molecular flexibility index (Phi) is 5.44. The number of hydrogen-bond donors (Lipinski definition) is 2. The molecule has 0 bridgehead atoms. The van der Waals surface area contributed by atoms with Crippen LogP contribution in [0, 0.1) is 0 Å². The molecule has 1 aliphatic heterocycles. The molecule has 0 aromatic heterocycles. The summed E-state index contributed by atoms with van der Waals surface area (Å²) in [6.45, 7) is 4.89. The maximum atomic E-state index is 10.1. The van der Waals surface area contributed by atoms with Gasteiger partial charge in [-0.25, -0.2) is 0 Å². The van der Waals surface area contributed by atoms with Gasteiger partial charge in [-0.05, 0) is 57.3 Å². The highest BCUT2D eigenvalue weighted by molar-refractivity contribution is 6.31. The Labute approximate surface area is 126 Å². The van der Waals surface area contributed by atoms with Gasteiger partial charge in [-0.2, -0.15) is 0 Å². The van der Waals surface area contributed by atoms with E-state index < -0.39 is 5.60 Å². The van der Waals surface area contributed by atoms with Crippen molar-refractivity contribution in [2.24, 2.45) is 5.73 Å². The van der Waals surface area contributed by atoms with Crippen LogP contribution in [0.15, 0.2) is 24.3 Å². The van der Waals surface area contributed by atoms with Crippen molar-refractivity contribution in [3.63, 3.8) is 0 Å². The van der Waals surface area contributed by atoms with E-state index in [4.69, 9.17) is 17.3 Å². The third kappa shape index (κ3) is 4.45. The Morgan fingerprint density at radius 3 is 2.85 bits per heavy atom. The zero-order chi connectivity index (χ0) is 14.6. The normalized spacial score (nSPS) is 26.2. The van der Waals surface area contributed by atoms with Crippen molar-refractivity contribution >= 4 is 11.6 Å². The molecule has 0 aliphatic carbocycles. The second kappa shape index (κ2) is 6.90. The summed E-state index contributed by atoms with van der Waals surface area (Å²) >= 11 is 6.18. The average molecular weight is 297 g/mol. The van der Waals surface area contributed by atoms with Crippen molar-refractivity contribution in [2.45, 2.75) is 44.2 Å². The van der Waals surface area contributed by atoms with Gasteiger partial charge < -0.3 is 15.7 Å². The van der Waals surface area contributed by atoms with E-state index in [-0.39, 0.29) is 6.04 Å². The highest BCUT2D eigenvalue weighted by atomic mass is 35.5. The maximum Gasteiger partial charge on any atom is 0.0632 e. The van der Waals surface area contributed by atoms with Crippen LogP contribution in [0.3, 0.4) is 0 Å². The van der Waals surface area contributed by atoms with Gasteiger partial charge in [0.15, 0.2) is 0 Å². The number of halogens is 1. The Morgan fingerprint density at radius 2 is 2.10 bits per heavy atom. The van der Waals surface area contributed by atoms with Crippen molar-refractivity contribution in [3.05, 3.63) is 34.9 Å². The number of nitrogens with two attached hydrogens (primary N) is 1. The Balaban J connectivity index is 1.84. The van der Waals surface area contributed by atoms with Gasteiger partial charge in [0.05, 0.1) is 5.60 Å². The second-order valence-electron chi connectivity index (χ2n) is 6.11. The van der Waals surface area contributed by atoms with Crippen LogP contribution in [0.25, 0.3) is 0 Å². The van der Waals surface area contributed by atoms with Crippen molar-refractivity contribution in [2.75, 3.05) is 19.6 Å². The number of nitrogens with zero attached hydrogens (tertiary/aromatic N) is 1. The lowest BCUT2D eigenvalue weighted by molar-refractivity contribution is 0.0446. The first-order chi connectivity index (χ1) is 9.48. The van der Waals surface area contributed by atoms with Crippen LogP contribution < -0.4 is 5.73 Å². The van der Waals surface area contributed by atoms with E-state index in [0.717, 1.165) is 55.9 Å². The number of benzene rings is 1. The molecule has 1 aliphatic rings. The molecule has 2 unspecified atom stereocenters. The molecule has 3 N–H and O–H groups in total. The predicted molar refractivity (Wildman–Crippen MR) is 83.9 cm³/mol. The molecule has 0 amide bonds. The summed E-state index contributed by atoms with van der Waals surface area (Å²) in [5, 5.41) is 10.8. The van der Waals surface area contributed by atoms with Crippen LogP contribution in [-0.4, -0.2) is 35.2 Å². The predicted octanol–water partition coefficient (Wildman–Crippen LogP) is 2.97. The zero-order valence-electron chi connectivity index (χ0n) is 12.2. The molecule has 2 rings (SSSR count). The first kappa shape index (κ1) is 15.8. The molecule has 0 radical (unpaired) electrons. The van der Waals surface area contributed by atoms with Crippen LogP contribution in [0.2, 0.25) is 5.02 Å². The molecule has 0 saturated carbocycles. The largest absolute Gasteiger partial charge is 0.390 e. The Bertz CT molecular complexity index is 436. The summed E-state index contributed by atoms with van der Waals surface area (Å²) < 4.78 is 0. The second-order valence-corrected chi connectivity index (χ2v) is 6.52. The van der Waals surface area contributed by atoms with Crippen LogP contribution >= 0.6 is 11.6 Å². The van der Waals surface area contributed by atoms with E-state index in [1.54, 1.807) is 0 Å². The monoisotopic (exact) mass is 296 g/mol. The first-order valence-electron chi connectivity index (χ1n) is 7.43. The van der Waals surface area contributed by atoms with Gasteiger partial charge in [-0.15, -0.1) is 0 Å². The van der Waals surface area contributed by atoms with Gasteiger partial charge in [0.2, 0.25) is 0 Å². The van der Waals surface area contributed by atoms with Crippen molar-refractivity contribution in [1.82, 2.24) is 4.90 Å². The molecular weight excluding hydrogens is 272 g/mol. The molecule has 1 aromatic carbocycles. The highest BCUT2D eigenvalue weighted by Gasteiger charge is 2.25. The third-order valence-corrected chi connectivity index (χ3v) is 4.56. The summed E-state index contributed by atoms with van der Waals surface area (Å²) in [4.78, 5) is 2.40. The average Bonchev–Trinajstić information content (AvgIpc) is 2.57. The highest BCUT2D eigenvalue weighted by Crippen LogP contribution is 2.25. The van der Waals surface area contributed by atoms with Crippen molar-refractivity contribution in [1.29, 1.82) is 0 Å². The fraction of sp³-hybridized carbons (Fsp3) is 0.625. The van der Waals surface area contributed by atoms with E-state index in [1.807, 2.05) is 31.2 Å². The summed E-state index contributed by atoms with van der Waals surface area (Å²) in [5.41, 5.74) is 6.77. The molecular formula is C16H25ClN2O. The van der Waals surface area contributed by atoms with Gasteiger partial charge in [0.25, 0.3) is 0 Å². The molecule has 1 heterocycles. The van der Waals surface area contributed by atoms with E-state index in [9.17, 15) is 5.11 Å². The van der Waals surface area contributed by atoms with Crippen LogP contribution in [-0.2, 0) is 0 Å². The number of hydrogen-bond acceptors (Lipinski definition) is 3. The minimum absolute atomic E-state index is 0.0209. The van der Waals surface area contributed by atoms with Gasteiger partial charge in [-0.1, -0.05) is 29.8 Å². The molecule has 2 atom stereocenters. The first-order valence-corrected chi connectivity index (χ1v) is 7.80. The number of likely N-dealkylation sites (tertiary alicyclic amines) is 1. The molecule has 1 fully saturated rings. The fourth-order valence-electron chi connectivity index (χ4n) is 2.80. The fourth-order valence-corrected chi connectivity index (χ4v) is 3.07. The molecule has 4 heteroatoms. The third-order valence-electron chi connectivity index (χ3n) is 4.22. The lowest BCUT2D eigenvalue weighted by Crippen LogP contribution is -2.30. The molecule has 1 aromatic rings. The van der Waals surface area contributed by atoms with Gasteiger partial charge in [0, 0.05) is 17.6 Å². The maximum absolute atomic E-state index is 10.1. The topological polar surface area (TPSA) is 49.5 Å². The standard InChI is InChI=1S/C16H25ClN2O/c1-16(20)8-4-10-19(12-9-16)11-7-15(18)13-5-2-3-6-14(13)17/h2-3,5-6,15,20H,4,7-12,18H2,1H3. The summed E-state index contributed by atoms with van der Waals surface area (Å²) in [5.74, 6) is 0. The summed E-state index contributed by atoms with van der Waals surface area (Å²) in [6.07, 6.45) is 3.68. The summed E-state index contributed by atoms with van der Waals surface area (Å²) in [7, 11) is 0. The molecule has 0 spiro atoms. The van der Waals surface area contributed by atoms with E-state index in [1.165, 1.54) is 0 Å². The Morgan fingerprint density at radius 1 is 1.35 bits per heavy atom. The minimum atomic E-state index is -0.500. The van der Waals surface area contributed by atoms with Crippen LogP contribution in [0.1, 0.15) is 44.2 Å². The molecule has 1 saturated heterocycles. The summed E-state index contributed by atoms with van der Waals surface area (Å²) in [6, 6.07) is 7.77. The van der Waals surface area contributed by atoms with Crippen LogP contribution in [0.5, 0.6) is 0 Å². The van der Waals surface area contributed by atoms with E-state index in [0.29, 0.717) is 0 Å².